The van der Waals surface area contributed by atoms with Crippen LogP contribution in [0.1, 0.15) is 36.7 Å². The molecule has 0 radical (unpaired) electrons. The monoisotopic (exact) mass is 279 g/mol. The smallest absolute Gasteiger partial charge is 0.335 e. The molecule has 0 saturated carbocycles. The zero-order valence-electron chi connectivity index (χ0n) is 12.3. The van der Waals surface area contributed by atoms with Gasteiger partial charge >= 0.3 is 5.97 Å². The van der Waals surface area contributed by atoms with Gasteiger partial charge in [-0.05, 0) is 43.5 Å². The average molecular weight is 279 g/mol. The lowest BCUT2D eigenvalue weighted by Gasteiger charge is -2.17. The van der Waals surface area contributed by atoms with Gasteiger partial charge in [0.2, 0.25) is 0 Å². The highest BCUT2D eigenvalue weighted by Crippen LogP contribution is 2.17. The molecule has 5 heteroatoms. The van der Waals surface area contributed by atoms with Crippen molar-refractivity contribution in [3.05, 3.63) is 29.3 Å². The van der Waals surface area contributed by atoms with E-state index in [1.54, 1.807) is 19.1 Å². The van der Waals surface area contributed by atoms with Gasteiger partial charge in [0.25, 0.3) is 5.91 Å². The molecule has 0 fully saturated rings. The molecule has 1 unspecified atom stereocenters. The first-order chi connectivity index (χ1) is 9.31. The van der Waals surface area contributed by atoms with Gasteiger partial charge in [0.15, 0.2) is 6.61 Å². The maximum Gasteiger partial charge on any atom is 0.335 e. The van der Waals surface area contributed by atoms with Crippen LogP contribution in [0.5, 0.6) is 5.75 Å². The topological polar surface area (TPSA) is 75.6 Å². The summed E-state index contributed by atoms with van der Waals surface area (Å²) in [5.74, 6) is -0.320. The number of ether oxygens (including phenoxy) is 1. The van der Waals surface area contributed by atoms with Crippen LogP contribution in [0.2, 0.25) is 0 Å². The first-order valence-electron chi connectivity index (χ1n) is 6.57. The van der Waals surface area contributed by atoms with Gasteiger partial charge in [-0.1, -0.05) is 13.8 Å². The van der Waals surface area contributed by atoms with Crippen LogP contribution in [-0.4, -0.2) is 29.6 Å². The number of carboxylic acids is 1. The van der Waals surface area contributed by atoms with Crippen LogP contribution in [0.3, 0.4) is 0 Å². The van der Waals surface area contributed by atoms with Crippen LogP contribution >= 0.6 is 0 Å². The first kappa shape index (κ1) is 16.0. The van der Waals surface area contributed by atoms with Gasteiger partial charge in [-0.3, -0.25) is 4.79 Å². The van der Waals surface area contributed by atoms with Gasteiger partial charge in [-0.15, -0.1) is 0 Å². The number of aryl methyl sites for hydroxylation is 1. The van der Waals surface area contributed by atoms with E-state index in [2.05, 4.69) is 5.32 Å². The zero-order chi connectivity index (χ0) is 15.3. The van der Waals surface area contributed by atoms with E-state index >= 15 is 0 Å². The predicted molar refractivity (Wildman–Crippen MR) is 76.1 cm³/mol. The molecule has 0 saturated heterocycles. The summed E-state index contributed by atoms with van der Waals surface area (Å²) < 4.78 is 5.36. The molecular formula is C15H21NO4. The number of benzene rings is 1. The van der Waals surface area contributed by atoms with E-state index in [-0.39, 0.29) is 24.1 Å². The lowest BCUT2D eigenvalue weighted by Crippen LogP contribution is -2.38. The van der Waals surface area contributed by atoms with Crippen LogP contribution in [0.25, 0.3) is 0 Å². The van der Waals surface area contributed by atoms with E-state index in [1.165, 1.54) is 6.07 Å². The molecule has 0 aliphatic carbocycles. The maximum absolute atomic E-state index is 11.7. The minimum absolute atomic E-state index is 0.0804. The summed E-state index contributed by atoms with van der Waals surface area (Å²) in [5, 5.41) is 11.8. The van der Waals surface area contributed by atoms with Crippen LogP contribution in [0.4, 0.5) is 0 Å². The van der Waals surface area contributed by atoms with Crippen molar-refractivity contribution in [3.8, 4) is 5.75 Å². The third-order valence-corrected chi connectivity index (χ3v) is 3.19. The van der Waals surface area contributed by atoms with E-state index in [1.807, 2.05) is 20.8 Å². The van der Waals surface area contributed by atoms with Crippen molar-refractivity contribution in [2.24, 2.45) is 5.92 Å². The van der Waals surface area contributed by atoms with Gasteiger partial charge in [0.1, 0.15) is 5.75 Å². The molecular weight excluding hydrogens is 258 g/mol. The fraction of sp³-hybridized carbons (Fsp3) is 0.467. The molecule has 2 N–H and O–H groups in total. The largest absolute Gasteiger partial charge is 0.484 e. The van der Waals surface area contributed by atoms with E-state index < -0.39 is 5.97 Å². The third-order valence-electron chi connectivity index (χ3n) is 3.19. The van der Waals surface area contributed by atoms with Crippen molar-refractivity contribution >= 4 is 11.9 Å². The zero-order valence-corrected chi connectivity index (χ0v) is 12.3. The van der Waals surface area contributed by atoms with Gasteiger partial charge in [0, 0.05) is 6.04 Å². The summed E-state index contributed by atoms with van der Waals surface area (Å²) in [6, 6.07) is 4.72. The normalized spacial score (nSPS) is 12.1. The first-order valence-corrected chi connectivity index (χ1v) is 6.57. The van der Waals surface area contributed by atoms with Crippen molar-refractivity contribution in [2.45, 2.75) is 33.7 Å². The Morgan fingerprint density at radius 3 is 2.45 bits per heavy atom. The lowest BCUT2D eigenvalue weighted by atomic mass is 10.1. The lowest BCUT2D eigenvalue weighted by molar-refractivity contribution is -0.124. The SMILES string of the molecule is Cc1cc(OCC(=O)NC(C)C(C)C)ccc1C(=O)O. The summed E-state index contributed by atoms with van der Waals surface area (Å²) in [7, 11) is 0. The second-order valence-corrected chi connectivity index (χ2v) is 5.17. The summed E-state index contributed by atoms with van der Waals surface area (Å²) >= 11 is 0. The number of carbonyl (C=O) groups is 2. The molecule has 0 spiro atoms. The standard InChI is InChI=1S/C15H21NO4/c1-9(2)11(4)16-14(17)8-20-12-5-6-13(15(18)19)10(3)7-12/h5-7,9,11H,8H2,1-4H3,(H,16,17)(H,18,19). The predicted octanol–water partition coefficient (Wildman–Crippen LogP) is 2.23. The van der Waals surface area contributed by atoms with Gasteiger partial charge in [-0.25, -0.2) is 4.79 Å². The quantitative estimate of drug-likeness (QED) is 0.837. The van der Waals surface area contributed by atoms with Crippen LogP contribution in [-0.2, 0) is 4.79 Å². The number of aromatic carboxylic acids is 1. The Morgan fingerprint density at radius 2 is 1.95 bits per heavy atom. The van der Waals surface area contributed by atoms with E-state index in [0.717, 1.165) is 0 Å². The Labute approximate surface area is 118 Å². The number of rotatable bonds is 6. The molecule has 1 aromatic rings. The van der Waals surface area contributed by atoms with Crippen LogP contribution in [0.15, 0.2) is 18.2 Å². The number of hydrogen-bond donors (Lipinski definition) is 2. The van der Waals surface area contributed by atoms with Crippen molar-refractivity contribution in [1.29, 1.82) is 0 Å². The molecule has 0 aliphatic rings. The molecule has 0 bridgehead atoms. The van der Waals surface area contributed by atoms with Crippen molar-refractivity contribution < 1.29 is 19.4 Å². The van der Waals surface area contributed by atoms with Crippen LogP contribution in [0, 0.1) is 12.8 Å². The summed E-state index contributed by atoms with van der Waals surface area (Å²) in [6.07, 6.45) is 0. The highest BCUT2D eigenvalue weighted by atomic mass is 16.5. The molecule has 110 valence electrons. The van der Waals surface area contributed by atoms with Crippen LogP contribution < -0.4 is 10.1 Å². The fourth-order valence-electron chi connectivity index (χ4n) is 1.58. The van der Waals surface area contributed by atoms with E-state index in [0.29, 0.717) is 17.2 Å². The molecule has 0 heterocycles. The Hall–Kier alpha value is -2.04. The minimum Gasteiger partial charge on any atom is -0.484 e. The fourth-order valence-corrected chi connectivity index (χ4v) is 1.58. The number of amides is 1. The summed E-state index contributed by atoms with van der Waals surface area (Å²) in [6.45, 7) is 7.61. The molecule has 0 aliphatic heterocycles. The Bertz CT molecular complexity index is 497. The van der Waals surface area contributed by atoms with Crippen molar-refractivity contribution in [1.82, 2.24) is 5.32 Å². The number of carbonyl (C=O) groups excluding carboxylic acids is 1. The highest BCUT2D eigenvalue weighted by Gasteiger charge is 2.12. The number of carboxylic acid groups (broad SMARTS) is 1. The van der Waals surface area contributed by atoms with E-state index in [4.69, 9.17) is 9.84 Å². The molecule has 5 nitrogen and oxygen atoms in total. The minimum atomic E-state index is -0.974. The number of hydrogen-bond acceptors (Lipinski definition) is 3. The summed E-state index contributed by atoms with van der Waals surface area (Å²) in [5.41, 5.74) is 0.834. The molecule has 1 aromatic carbocycles. The highest BCUT2D eigenvalue weighted by molar-refractivity contribution is 5.89. The van der Waals surface area contributed by atoms with Crippen molar-refractivity contribution in [3.63, 3.8) is 0 Å². The third kappa shape index (κ3) is 4.57. The maximum atomic E-state index is 11.7. The second kappa shape index (κ2) is 6.93. The summed E-state index contributed by atoms with van der Waals surface area (Å²) in [4.78, 5) is 22.5. The second-order valence-electron chi connectivity index (χ2n) is 5.17. The Morgan fingerprint density at radius 1 is 1.30 bits per heavy atom. The molecule has 1 atom stereocenters. The Balaban J connectivity index is 2.56. The van der Waals surface area contributed by atoms with Gasteiger partial charge in [-0.2, -0.15) is 0 Å². The van der Waals surface area contributed by atoms with Gasteiger partial charge < -0.3 is 15.2 Å². The average Bonchev–Trinajstić information content (AvgIpc) is 2.35. The molecule has 0 aromatic heterocycles. The van der Waals surface area contributed by atoms with E-state index in [9.17, 15) is 9.59 Å². The molecule has 20 heavy (non-hydrogen) atoms. The number of nitrogens with one attached hydrogen (secondary N) is 1. The molecule has 1 amide bonds. The van der Waals surface area contributed by atoms with Gasteiger partial charge in [0.05, 0.1) is 5.56 Å². The molecule has 1 rings (SSSR count). The van der Waals surface area contributed by atoms with Crippen molar-refractivity contribution in [2.75, 3.05) is 6.61 Å². The Kier molecular flexibility index (Phi) is 5.55.